The lowest BCUT2D eigenvalue weighted by Crippen LogP contribution is -2.22. The Bertz CT molecular complexity index is 1120. The highest BCUT2D eigenvalue weighted by atomic mass is 32.2. The third-order valence-electron chi connectivity index (χ3n) is 3.67. The lowest BCUT2D eigenvalue weighted by Gasteiger charge is -2.08. The van der Waals surface area contributed by atoms with Crippen molar-refractivity contribution in [2.75, 3.05) is 0 Å². The molecule has 0 aliphatic heterocycles. The van der Waals surface area contributed by atoms with Gasteiger partial charge in [0.25, 0.3) is 5.56 Å². The van der Waals surface area contributed by atoms with Crippen LogP contribution in [0.5, 0.6) is 0 Å². The van der Waals surface area contributed by atoms with Crippen molar-refractivity contribution in [1.82, 2.24) is 19.7 Å². The van der Waals surface area contributed by atoms with Gasteiger partial charge in [-0.25, -0.2) is 4.98 Å². The Kier molecular flexibility index (Phi) is 4.68. The molecule has 0 aliphatic carbocycles. The minimum Gasteiger partial charge on any atom is -0.420 e. The van der Waals surface area contributed by atoms with Gasteiger partial charge in [0.1, 0.15) is 4.83 Å². The summed E-state index contributed by atoms with van der Waals surface area (Å²) in [6.07, 6.45) is 1.69. The van der Waals surface area contributed by atoms with E-state index in [1.807, 2.05) is 35.7 Å². The van der Waals surface area contributed by atoms with E-state index < -0.39 is 0 Å². The molecule has 0 amide bonds. The highest BCUT2D eigenvalue weighted by molar-refractivity contribution is 7.98. The second-order valence-electron chi connectivity index (χ2n) is 5.39. The summed E-state index contributed by atoms with van der Waals surface area (Å²) in [4.78, 5) is 17.9. The average Bonchev–Trinajstić information content (AvgIpc) is 3.33. The zero-order valence-electron chi connectivity index (χ0n) is 13.7. The minimum absolute atomic E-state index is 0.0610. The third-order valence-corrected chi connectivity index (χ3v) is 5.44. The van der Waals surface area contributed by atoms with Gasteiger partial charge in [-0.3, -0.25) is 9.36 Å². The number of rotatable bonds is 6. The molecule has 3 heterocycles. The fourth-order valence-electron chi connectivity index (χ4n) is 2.47. The lowest BCUT2D eigenvalue weighted by atomic mass is 10.2. The van der Waals surface area contributed by atoms with E-state index in [2.05, 4.69) is 21.8 Å². The molecule has 0 saturated carbocycles. The van der Waals surface area contributed by atoms with Crippen molar-refractivity contribution in [3.63, 3.8) is 0 Å². The minimum atomic E-state index is -0.0610. The first kappa shape index (κ1) is 16.7. The maximum absolute atomic E-state index is 12.6. The highest BCUT2D eigenvalue weighted by Crippen LogP contribution is 2.25. The van der Waals surface area contributed by atoms with E-state index in [-0.39, 0.29) is 5.56 Å². The molecular formula is C18H14N4O2S2. The smallest absolute Gasteiger partial charge is 0.263 e. The molecule has 6 nitrogen and oxygen atoms in total. The number of hydrogen-bond donors (Lipinski definition) is 0. The number of benzene rings is 1. The molecule has 130 valence electrons. The normalized spacial score (nSPS) is 11.1. The predicted octanol–water partition coefficient (Wildman–Crippen LogP) is 3.99. The van der Waals surface area contributed by atoms with Gasteiger partial charge in [0, 0.05) is 12.1 Å². The van der Waals surface area contributed by atoms with Crippen LogP contribution >= 0.6 is 23.1 Å². The van der Waals surface area contributed by atoms with E-state index in [1.165, 1.54) is 23.1 Å². The van der Waals surface area contributed by atoms with Crippen LogP contribution in [0.3, 0.4) is 0 Å². The topological polar surface area (TPSA) is 73.8 Å². The molecule has 0 N–H and O–H groups in total. The number of allylic oxidation sites excluding steroid dienone is 1. The number of thiophene rings is 1. The fourth-order valence-corrected chi connectivity index (χ4v) is 4.12. The standard InChI is InChI=1S/C18H14N4O2S2/c1-2-9-22-17(23)13-8-10-25-16(13)19-18(22)26-11-14-20-21-15(24-14)12-6-4-3-5-7-12/h2-8,10H,1,9,11H2. The van der Waals surface area contributed by atoms with E-state index in [1.54, 1.807) is 16.7 Å². The quantitative estimate of drug-likeness (QED) is 0.285. The van der Waals surface area contributed by atoms with Gasteiger partial charge in [0.2, 0.25) is 11.8 Å². The van der Waals surface area contributed by atoms with Crippen molar-refractivity contribution in [2.45, 2.75) is 17.5 Å². The molecule has 0 atom stereocenters. The van der Waals surface area contributed by atoms with E-state index in [0.717, 1.165) is 10.4 Å². The van der Waals surface area contributed by atoms with Crippen LogP contribution in [-0.2, 0) is 12.3 Å². The molecule has 0 radical (unpaired) electrons. The molecule has 3 aromatic heterocycles. The van der Waals surface area contributed by atoms with Crippen molar-refractivity contribution in [2.24, 2.45) is 0 Å². The fraction of sp³-hybridized carbons (Fsp3) is 0.111. The van der Waals surface area contributed by atoms with Crippen LogP contribution in [0.1, 0.15) is 5.89 Å². The Morgan fingerprint density at radius 3 is 2.88 bits per heavy atom. The molecule has 1 aromatic carbocycles. The SMILES string of the molecule is C=CCn1c(SCc2nnc(-c3ccccc3)o2)nc2sccc2c1=O. The average molecular weight is 382 g/mol. The molecular weight excluding hydrogens is 368 g/mol. The third kappa shape index (κ3) is 3.21. The molecule has 8 heteroatoms. The summed E-state index contributed by atoms with van der Waals surface area (Å²) >= 11 is 2.85. The maximum Gasteiger partial charge on any atom is 0.263 e. The number of aromatic nitrogens is 4. The van der Waals surface area contributed by atoms with Crippen LogP contribution in [0.2, 0.25) is 0 Å². The van der Waals surface area contributed by atoms with Crippen LogP contribution in [0.15, 0.2) is 68.8 Å². The van der Waals surface area contributed by atoms with Gasteiger partial charge in [-0.15, -0.1) is 28.1 Å². The van der Waals surface area contributed by atoms with Gasteiger partial charge in [-0.05, 0) is 23.6 Å². The monoisotopic (exact) mass is 382 g/mol. The van der Waals surface area contributed by atoms with E-state index in [9.17, 15) is 4.79 Å². The van der Waals surface area contributed by atoms with Crippen LogP contribution in [-0.4, -0.2) is 19.7 Å². The largest absolute Gasteiger partial charge is 0.420 e. The molecule has 4 rings (SSSR count). The first-order chi connectivity index (χ1) is 12.8. The second kappa shape index (κ2) is 7.27. The summed E-state index contributed by atoms with van der Waals surface area (Å²) in [5.41, 5.74) is 0.812. The summed E-state index contributed by atoms with van der Waals surface area (Å²) in [6, 6.07) is 11.4. The second-order valence-corrected chi connectivity index (χ2v) is 7.23. The van der Waals surface area contributed by atoms with Gasteiger partial charge in [-0.1, -0.05) is 36.0 Å². The van der Waals surface area contributed by atoms with Crippen molar-refractivity contribution < 1.29 is 4.42 Å². The summed E-state index contributed by atoms with van der Waals surface area (Å²) < 4.78 is 7.33. The molecule has 4 aromatic rings. The first-order valence-electron chi connectivity index (χ1n) is 7.86. The van der Waals surface area contributed by atoms with Crippen LogP contribution in [0.25, 0.3) is 21.7 Å². The Hall–Kier alpha value is -2.71. The Morgan fingerprint density at radius 2 is 2.08 bits per heavy atom. The van der Waals surface area contributed by atoms with E-state index in [4.69, 9.17) is 4.42 Å². The molecule has 0 spiro atoms. The van der Waals surface area contributed by atoms with Crippen molar-refractivity contribution in [3.8, 4) is 11.5 Å². The molecule has 0 bridgehead atoms. The summed E-state index contributed by atoms with van der Waals surface area (Å²) in [5, 5.41) is 11.3. The molecule has 0 unspecified atom stereocenters. The molecule has 0 fully saturated rings. The zero-order chi connectivity index (χ0) is 17.9. The summed E-state index contributed by atoms with van der Waals surface area (Å²) in [6.45, 7) is 4.13. The van der Waals surface area contributed by atoms with Gasteiger partial charge in [-0.2, -0.15) is 0 Å². The number of hydrogen-bond acceptors (Lipinski definition) is 7. The predicted molar refractivity (Wildman–Crippen MR) is 103 cm³/mol. The molecule has 0 aliphatic rings. The van der Waals surface area contributed by atoms with Crippen molar-refractivity contribution >= 4 is 33.3 Å². The first-order valence-corrected chi connectivity index (χ1v) is 9.72. The number of nitrogens with zero attached hydrogens (tertiary/aromatic N) is 4. The van der Waals surface area contributed by atoms with Gasteiger partial charge >= 0.3 is 0 Å². The highest BCUT2D eigenvalue weighted by Gasteiger charge is 2.14. The number of fused-ring (bicyclic) bond motifs is 1. The molecule has 26 heavy (non-hydrogen) atoms. The van der Waals surface area contributed by atoms with E-state index in [0.29, 0.717) is 34.6 Å². The van der Waals surface area contributed by atoms with Crippen molar-refractivity contribution in [3.05, 3.63) is 70.7 Å². The van der Waals surface area contributed by atoms with Crippen LogP contribution in [0.4, 0.5) is 0 Å². The Balaban J connectivity index is 1.60. The summed E-state index contributed by atoms with van der Waals surface area (Å²) in [7, 11) is 0. The van der Waals surface area contributed by atoms with Gasteiger partial charge < -0.3 is 4.42 Å². The van der Waals surface area contributed by atoms with Gasteiger partial charge in [0.15, 0.2) is 5.16 Å². The summed E-state index contributed by atoms with van der Waals surface area (Å²) in [5.74, 6) is 1.39. The zero-order valence-corrected chi connectivity index (χ0v) is 15.3. The van der Waals surface area contributed by atoms with Gasteiger partial charge in [0.05, 0.1) is 11.1 Å². The van der Waals surface area contributed by atoms with Crippen LogP contribution in [0, 0.1) is 0 Å². The Morgan fingerprint density at radius 1 is 1.23 bits per heavy atom. The van der Waals surface area contributed by atoms with E-state index >= 15 is 0 Å². The lowest BCUT2D eigenvalue weighted by molar-refractivity contribution is 0.528. The van der Waals surface area contributed by atoms with Crippen LogP contribution < -0.4 is 5.56 Å². The maximum atomic E-state index is 12.6. The Labute approximate surface area is 157 Å². The molecule has 0 saturated heterocycles. The van der Waals surface area contributed by atoms with Crippen molar-refractivity contribution in [1.29, 1.82) is 0 Å². The number of thioether (sulfide) groups is 1.